The van der Waals surface area contributed by atoms with Crippen molar-refractivity contribution in [3.8, 4) is 45.5 Å². The lowest BCUT2D eigenvalue weighted by Crippen LogP contribution is -1.93. The van der Waals surface area contributed by atoms with Crippen LogP contribution in [0.1, 0.15) is 11.1 Å². The number of nitriles is 2. The summed E-state index contributed by atoms with van der Waals surface area (Å²) in [5, 5.41) is 24.8. The number of thiophene rings is 1. The second-order valence-corrected chi connectivity index (χ2v) is 11.4. The van der Waals surface area contributed by atoms with Crippen LogP contribution in [0.5, 0.6) is 0 Å². The molecule has 2 heterocycles. The summed E-state index contributed by atoms with van der Waals surface area (Å²) in [5.41, 5.74) is 8.29. The van der Waals surface area contributed by atoms with E-state index in [0.717, 1.165) is 60.7 Å². The smallest absolute Gasteiger partial charge is 0.136 e. The summed E-state index contributed by atoms with van der Waals surface area (Å²) in [6, 6.07) is 45.6. The molecule has 0 aliphatic heterocycles. The number of para-hydroxylation sites is 1. The molecule has 0 saturated carbocycles. The fourth-order valence-electron chi connectivity index (χ4n) is 6.03. The van der Waals surface area contributed by atoms with Crippen LogP contribution in [0.4, 0.5) is 0 Å². The van der Waals surface area contributed by atoms with Gasteiger partial charge in [0, 0.05) is 42.1 Å². The lowest BCUT2D eigenvalue weighted by molar-refractivity contribution is 0.669. The number of nitrogens with zero attached hydrogens (tertiary/aromatic N) is 2. The Labute approximate surface area is 245 Å². The lowest BCUT2D eigenvalue weighted by Gasteiger charge is -2.15. The average Bonchev–Trinajstić information content (AvgIpc) is 3.62. The predicted molar refractivity (Wildman–Crippen MR) is 172 cm³/mol. The maximum atomic E-state index is 10.7. The van der Waals surface area contributed by atoms with E-state index >= 15 is 0 Å². The average molecular weight is 553 g/mol. The molecular formula is C38H20N2OS. The molecule has 4 heteroatoms. The molecule has 0 bridgehead atoms. The summed E-state index contributed by atoms with van der Waals surface area (Å²) < 4.78 is 8.62. The van der Waals surface area contributed by atoms with E-state index in [1.807, 2.05) is 48.5 Å². The molecule has 8 aromatic rings. The monoisotopic (exact) mass is 552 g/mol. The van der Waals surface area contributed by atoms with Crippen LogP contribution >= 0.6 is 11.3 Å². The maximum absolute atomic E-state index is 10.7. The molecule has 0 unspecified atom stereocenters. The third-order valence-corrected chi connectivity index (χ3v) is 9.09. The van der Waals surface area contributed by atoms with Crippen LogP contribution in [0.2, 0.25) is 0 Å². The van der Waals surface area contributed by atoms with Crippen molar-refractivity contribution in [2.24, 2.45) is 0 Å². The van der Waals surface area contributed by atoms with E-state index in [2.05, 4.69) is 84.9 Å². The minimum absolute atomic E-state index is 0.592. The molecule has 42 heavy (non-hydrogen) atoms. The van der Waals surface area contributed by atoms with Crippen molar-refractivity contribution in [1.29, 1.82) is 10.5 Å². The van der Waals surface area contributed by atoms with Gasteiger partial charge in [-0.05, 0) is 76.9 Å². The van der Waals surface area contributed by atoms with Crippen molar-refractivity contribution in [3.05, 3.63) is 132 Å². The van der Waals surface area contributed by atoms with Gasteiger partial charge in [-0.3, -0.25) is 0 Å². The summed E-state index contributed by atoms with van der Waals surface area (Å²) in [4.78, 5) is 0. The molecule has 0 N–H and O–H groups in total. The largest absolute Gasteiger partial charge is 0.456 e. The van der Waals surface area contributed by atoms with Crippen molar-refractivity contribution >= 4 is 53.4 Å². The third kappa shape index (κ3) is 3.71. The summed E-state index contributed by atoms with van der Waals surface area (Å²) in [6.45, 7) is 0. The maximum Gasteiger partial charge on any atom is 0.136 e. The zero-order valence-corrected chi connectivity index (χ0v) is 23.1. The minimum atomic E-state index is 0.592. The van der Waals surface area contributed by atoms with E-state index < -0.39 is 0 Å². The first-order valence-electron chi connectivity index (χ1n) is 13.6. The van der Waals surface area contributed by atoms with Crippen LogP contribution in [0.15, 0.2) is 126 Å². The normalized spacial score (nSPS) is 11.3. The van der Waals surface area contributed by atoms with Crippen LogP contribution in [-0.4, -0.2) is 0 Å². The van der Waals surface area contributed by atoms with Crippen LogP contribution in [-0.2, 0) is 0 Å². The van der Waals surface area contributed by atoms with Gasteiger partial charge in [-0.15, -0.1) is 11.3 Å². The molecule has 0 saturated heterocycles. The standard InChI is InChI=1S/C38H20N2OS/c39-21-23-7-5-8-24(17-23)26-18-31(25-15-16-28-27-9-1-3-12-34(27)41-35(28)20-25)33(22-40)32(19-26)29-11-6-14-37-38(29)30-10-2-4-13-36(30)42-37/h1-20H. The number of rotatable bonds is 3. The van der Waals surface area contributed by atoms with Crippen molar-refractivity contribution in [2.45, 2.75) is 0 Å². The Kier molecular flexibility index (Phi) is 5.44. The van der Waals surface area contributed by atoms with Crippen LogP contribution in [0.3, 0.4) is 0 Å². The lowest BCUT2D eigenvalue weighted by atomic mass is 9.86. The number of hydrogen-bond acceptors (Lipinski definition) is 4. The SMILES string of the molecule is N#Cc1cccc(-c2cc(-c3ccc4c(c3)oc3ccccc34)c(C#N)c(-c3cccc4sc5ccccc5c34)c2)c1. The van der Waals surface area contributed by atoms with Gasteiger partial charge in [0.05, 0.1) is 17.2 Å². The first-order chi connectivity index (χ1) is 20.7. The summed E-state index contributed by atoms with van der Waals surface area (Å²) in [6.07, 6.45) is 0. The van der Waals surface area contributed by atoms with Gasteiger partial charge < -0.3 is 4.42 Å². The molecule has 6 aromatic carbocycles. The molecular weight excluding hydrogens is 532 g/mol. The minimum Gasteiger partial charge on any atom is -0.456 e. The molecule has 8 rings (SSSR count). The topological polar surface area (TPSA) is 60.7 Å². The van der Waals surface area contributed by atoms with Gasteiger partial charge >= 0.3 is 0 Å². The van der Waals surface area contributed by atoms with Gasteiger partial charge in [0.1, 0.15) is 17.2 Å². The van der Waals surface area contributed by atoms with Crippen molar-refractivity contribution in [2.75, 3.05) is 0 Å². The summed E-state index contributed by atoms with van der Waals surface area (Å²) in [5.74, 6) is 0. The van der Waals surface area contributed by atoms with Gasteiger partial charge in [0.2, 0.25) is 0 Å². The van der Waals surface area contributed by atoms with E-state index in [9.17, 15) is 10.5 Å². The molecule has 3 nitrogen and oxygen atoms in total. The van der Waals surface area contributed by atoms with Crippen molar-refractivity contribution < 1.29 is 4.42 Å². The third-order valence-electron chi connectivity index (χ3n) is 7.96. The fraction of sp³-hybridized carbons (Fsp3) is 0. The van der Waals surface area contributed by atoms with E-state index in [4.69, 9.17) is 4.42 Å². The van der Waals surface area contributed by atoms with E-state index in [1.54, 1.807) is 11.3 Å². The highest BCUT2D eigenvalue weighted by molar-refractivity contribution is 7.25. The Bertz CT molecular complexity index is 2450. The van der Waals surface area contributed by atoms with Crippen LogP contribution < -0.4 is 0 Å². The zero-order chi connectivity index (χ0) is 28.2. The second kappa shape index (κ2) is 9.46. The van der Waals surface area contributed by atoms with E-state index in [-0.39, 0.29) is 0 Å². The van der Waals surface area contributed by atoms with Crippen LogP contribution in [0.25, 0.3) is 75.5 Å². The predicted octanol–water partition coefficient (Wildman–Crippen LogP) is 10.7. The van der Waals surface area contributed by atoms with Crippen molar-refractivity contribution in [1.82, 2.24) is 0 Å². The quantitative estimate of drug-likeness (QED) is 0.219. The molecule has 0 radical (unpaired) electrons. The Morgan fingerprint density at radius 1 is 0.500 bits per heavy atom. The molecule has 0 spiro atoms. The summed E-state index contributed by atoms with van der Waals surface area (Å²) in [7, 11) is 0. The Hall–Kier alpha value is -5.68. The van der Waals surface area contributed by atoms with Gasteiger partial charge in [-0.25, -0.2) is 0 Å². The molecule has 0 fully saturated rings. The van der Waals surface area contributed by atoms with E-state index in [0.29, 0.717) is 11.1 Å². The second-order valence-electron chi connectivity index (χ2n) is 10.3. The fourth-order valence-corrected chi connectivity index (χ4v) is 7.16. The number of hydrogen-bond donors (Lipinski definition) is 0. The van der Waals surface area contributed by atoms with Crippen LogP contribution in [0, 0.1) is 22.7 Å². The highest BCUT2D eigenvalue weighted by Crippen LogP contribution is 2.44. The number of furan rings is 1. The molecule has 2 aromatic heterocycles. The molecule has 0 aliphatic carbocycles. The summed E-state index contributed by atoms with van der Waals surface area (Å²) >= 11 is 1.76. The molecule has 0 aliphatic rings. The number of benzene rings is 6. The first-order valence-corrected chi connectivity index (χ1v) is 14.4. The Morgan fingerprint density at radius 2 is 1.26 bits per heavy atom. The highest BCUT2D eigenvalue weighted by atomic mass is 32.1. The van der Waals surface area contributed by atoms with Gasteiger partial charge in [0.25, 0.3) is 0 Å². The Balaban J connectivity index is 1.45. The number of fused-ring (bicyclic) bond motifs is 6. The Morgan fingerprint density at radius 3 is 2.14 bits per heavy atom. The van der Waals surface area contributed by atoms with Crippen molar-refractivity contribution in [3.63, 3.8) is 0 Å². The first kappa shape index (κ1) is 24.1. The van der Waals surface area contributed by atoms with Gasteiger partial charge in [-0.1, -0.05) is 66.7 Å². The van der Waals surface area contributed by atoms with Gasteiger partial charge in [0.15, 0.2) is 0 Å². The van der Waals surface area contributed by atoms with E-state index in [1.165, 1.54) is 14.8 Å². The molecule has 0 atom stereocenters. The highest BCUT2D eigenvalue weighted by Gasteiger charge is 2.20. The molecule has 0 amide bonds. The van der Waals surface area contributed by atoms with Gasteiger partial charge in [-0.2, -0.15) is 10.5 Å². The zero-order valence-electron chi connectivity index (χ0n) is 22.3. The molecule has 194 valence electrons.